The third-order valence-corrected chi connectivity index (χ3v) is 4.25. The molecule has 0 N–H and O–H groups in total. The van der Waals surface area contributed by atoms with Gasteiger partial charge in [0.25, 0.3) is 5.69 Å². The zero-order valence-corrected chi connectivity index (χ0v) is 13.3. The van der Waals surface area contributed by atoms with Crippen molar-refractivity contribution in [1.82, 2.24) is 0 Å². The number of rotatable bonds is 4. The smallest absolute Gasteiger partial charge is 0.338 e. The number of thioether (sulfide) groups is 1. The second-order valence-electron chi connectivity index (χ2n) is 4.93. The summed E-state index contributed by atoms with van der Waals surface area (Å²) in [5.41, 5.74) is -0.0678. The fourth-order valence-corrected chi connectivity index (χ4v) is 3.25. The molecule has 1 aliphatic heterocycles. The molecule has 1 heterocycles. The zero-order chi connectivity index (χ0) is 17.1. The number of methoxy groups -OCH3 is 1. The van der Waals surface area contributed by atoms with E-state index in [-0.39, 0.29) is 46.2 Å². The molecule has 0 radical (unpaired) electrons. The number of nitro groups is 1. The maximum Gasteiger partial charge on any atom is 0.338 e. The molecule has 0 bridgehead atoms. The average molecular weight is 338 g/mol. The van der Waals surface area contributed by atoms with Crippen LogP contribution in [0.5, 0.6) is 0 Å². The maximum atomic E-state index is 12.1. The lowest BCUT2D eigenvalue weighted by atomic mass is 10.1. The van der Waals surface area contributed by atoms with Crippen molar-refractivity contribution in [2.45, 2.75) is 18.6 Å². The highest BCUT2D eigenvalue weighted by molar-refractivity contribution is 8.14. The Kier molecular flexibility index (Phi) is 4.99. The van der Waals surface area contributed by atoms with Crippen LogP contribution in [0.3, 0.4) is 0 Å². The number of esters is 1. The van der Waals surface area contributed by atoms with Gasteiger partial charge in [0, 0.05) is 37.3 Å². The quantitative estimate of drug-likeness (QED) is 0.468. The fourth-order valence-electron chi connectivity index (χ4n) is 2.33. The summed E-state index contributed by atoms with van der Waals surface area (Å²) in [5, 5.41) is 10.7. The van der Waals surface area contributed by atoms with Crippen molar-refractivity contribution in [2.75, 3.05) is 18.6 Å². The zero-order valence-electron chi connectivity index (χ0n) is 12.5. The van der Waals surface area contributed by atoms with E-state index in [9.17, 15) is 24.5 Å². The molecule has 1 amide bonds. The van der Waals surface area contributed by atoms with Crippen LogP contribution in [0.4, 0.5) is 11.4 Å². The summed E-state index contributed by atoms with van der Waals surface area (Å²) in [6.45, 7) is 1.67. The summed E-state index contributed by atoms with van der Waals surface area (Å²) in [5.74, 6) is -0.976. The van der Waals surface area contributed by atoms with Gasteiger partial charge in [0.15, 0.2) is 5.12 Å². The van der Waals surface area contributed by atoms with Gasteiger partial charge in [0.2, 0.25) is 5.91 Å². The van der Waals surface area contributed by atoms with Gasteiger partial charge in [-0.3, -0.25) is 19.7 Å². The van der Waals surface area contributed by atoms with Crippen LogP contribution < -0.4 is 4.90 Å². The Labute approximate surface area is 135 Å². The number of non-ortho nitro benzene ring substituents is 1. The highest BCUT2D eigenvalue weighted by Gasteiger charge is 2.33. The van der Waals surface area contributed by atoms with Gasteiger partial charge < -0.3 is 9.64 Å². The summed E-state index contributed by atoms with van der Waals surface area (Å²) in [4.78, 5) is 46.7. The van der Waals surface area contributed by atoms with E-state index in [2.05, 4.69) is 4.74 Å². The molecule has 0 saturated carbocycles. The molecule has 1 aliphatic rings. The summed E-state index contributed by atoms with van der Waals surface area (Å²) in [6.07, 6.45) is 0.167. The number of carbonyl (C=O) groups is 3. The molecule has 1 unspecified atom stereocenters. The topological polar surface area (TPSA) is 107 Å². The summed E-state index contributed by atoms with van der Waals surface area (Å²) in [6, 6.07) is 3.69. The molecule has 1 aromatic carbocycles. The van der Waals surface area contributed by atoms with Crippen LogP contribution in [0.2, 0.25) is 0 Å². The molecule has 0 spiro atoms. The first-order valence-electron chi connectivity index (χ1n) is 6.67. The van der Waals surface area contributed by atoms with Crippen molar-refractivity contribution < 1.29 is 24.0 Å². The minimum absolute atomic E-state index is 0.00725. The van der Waals surface area contributed by atoms with Crippen LogP contribution in [-0.4, -0.2) is 40.8 Å². The normalized spacial score (nSPS) is 17.2. The van der Waals surface area contributed by atoms with E-state index in [0.717, 1.165) is 17.8 Å². The minimum Gasteiger partial charge on any atom is -0.465 e. The number of benzene rings is 1. The molecule has 2 rings (SSSR count). The van der Waals surface area contributed by atoms with Crippen molar-refractivity contribution in [1.29, 1.82) is 0 Å². The maximum absolute atomic E-state index is 12.1. The average Bonchev–Trinajstić information content (AvgIpc) is 2.85. The summed E-state index contributed by atoms with van der Waals surface area (Å²) in [7, 11) is 1.17. The van der Waals surface area contributed by atoms with E-state index < -0.39 is 10.9 Å². The summed E-state index contributed by atoms with van der Waals surface area (Å²) >= 11 is 1.06. The van der Waals surface area contributed by atoms with Crippen LogP contribution in [0, 0.1) is 10.1 Å². The van der Waals surface area contributed by atoms with Crippen LogP contribution in [-0.2, 0) is 14.3 Å². The lowest BCUT2D eigenvalue weighted by molar-refractivity contribution is -0.384. The molecular formula is C14H14N2O6S. The third-order valence-electron chi connectivity index (χ3n) is 3.27. The van der Waals surface area contributed by atoms with E-state index in [1.165, 1.54) is 31.1 Å². The second-order valence-corrected chi connectivity index (χ2v) is 6.40. The van der Waals surface area contributed by atoms with Crippen LogP contribution >= 0.6 is 11.8 Å². The van der Waals surface area contributed by atoms with Gasteiger partial charge in [-0.05, 0) is 6.07 Å². The first-order valence-corrected chi connectivity index (χ1v) is 7.55. The Balaban J connectivity index is 2.36. The van der Waals surface area contributed by atoms with Crippen molar-refractivity contribution in [2.24, 2.45) is 0 Å². The molecule has 1 atom stereocenters. The van der Waals surface area contributed by atoms with E-state index in [0.29, 0.717) is 0 Å². The Bertz CT molecular complexity index is 690. The molecule has 9 heteroatoms. The monoisotopic (exact) mass is 338 g/mol. The van der Waals surface area contributed by atoms with E-state index in [4.69, 9.17) is 0 Å². The van der Waals surface area contributed by atoms with E-state index in [1.807, 2.05) is 0 Å². The van der Waals surface area contributed by atoms with Gasteiger partial charge >= 0.3 is 5.97 Å². The first kappa shape index (κ1) is 16.9. The van der Waals surface area contributed by atoms with Crippen molar-refractivity contribution in [3.63, 3.8) is 0 Å². The third kappa shape index (κ3) is 3.86. The number of hydrogen-bond donors (Lipinski definition) is 0. The van der Waals surface area contributed by atoms with Gasteiger partial charge in [-0.25, -0.2) is 4.79 Å². The number of nitrogens with zero attached hydrogens (tertiary/aromatic N) is 2. The number of hydrogen-bond acceptors (Lipinski definition) is 7. The SMILES string of the molecule is COC(=O)c1cc(N2CC(SC(C)=O)CC2=O)cc([N+](=O)[O-])c1. The molecule has 1 aromatic rings. The van der Waals surface area contributed by atoms with Gasteiger partial charge in [0.05, 0.1) is 23.3 Å². The molecule has 0 aliphatic carbocycles. The lowest BCUT2D eigenvalue weighted by Crippen LogP contribution is -2.25. The van der Waals surface area contributed by atoms with E-state index in [1.54, 1.807) is 0 Å². The standard InChI is InChI=1S/C14H14N2O6S/c1-8(17)23-12-6-13(18)15(7-12)10-3-9(14(19)22-2)4-11(5-10)16(20)21/h3-5,12H,6-7H2,1-2H3. The van der Waals surface area contributed by atoms with Gasteiger partial charge in [0.1, 0.15) is 0 Å². The fraction of sp³-hybridized carbons (Fsp3) is 0.357. The van der Waals surface area contributed by atoms with Gasteiger partial charge in [-0.1, -0.05) is 11.8 Å². The molecule has 1 saturated heterocycles. The number of carbonyl (C=O) groups excluding carboxylic acids is 3. The predicted molar refractivity (Wildman–Crippen MR) is 83.5 cm³/mol. The lowest BCUT2D eigenvalue weighted by Gasteiger charge is -2.17. The van der Waals surface area contributed by atoms with Crippen molar-refractivity contribution in [3.05, 3.63) is 33.9 Å². The predicted octanol–water partition coefficient (Wildman–Crippen LogP) is 1.77. The molecule has 122 valence electrons. The molecule has 1 fully saturated rings. The Morgan fingerprint density at radius 3 is 2.65 bits per heavy atom. The van der Waals surface area contributed by atoms with Crippen LogP contribution in [0.15, 0.2) is 18.2 Å². The Morgan fingerprint density at radius 2 is 2.09 bits per heavy atom. The first-order chi connectivity index (χ1) is 10.8. The molecule has 0 aromatic heterocycles. The number of nitro benzene ring substituents is 1. The van der Waals surface area contributed by atoms with Gasteiger partial charge in [-0.15, -0.1) is 0 Å². The number of amides is 1. The highest BCUT2D eigenvalue weighted by Crippen LogP contribution is 2.31. The number of ether oxygens (including phenoxy) is 1. The molecule has 8 nitrogen and oxygen atoms in total. The second kappa shape index (κ2) is 6.78. The molecular weight excluding hydrogens is 324 g/mol. The van der Waals surface area contributed by atoms with Gasteiger partial charge in [-0.2, -0.15) is 0 Å². The Morgan fingerprint density at radius 1 is 1.39 bits per heavy atom. The number of anilines is 1. The Hall–Kier alpha value is -2.42. The van der Waals surface area contributed by atoms with Crippen LogP contribution in [0.25, 0.3) is 0 Å². The largest absolute Gasteiger partial charge is 0.465 e. The molecule has 23 heavy (non-hydrogen) atoms. The minimum atomic E-state index is -0.726. The summed E-state index contributed by atoms with van der Waals surface area (Å²) < 4.78 is 4.58. The van der Waals surface area contributed by atoms with Crippen LogP contribution in [0.1, 0.15) is 23.7 Å². The van der Waals surface area contributed by atoms with Crippen molar-refractivity contribution >= 4 is 40.1 Å². The van der Waals surface area contributed by atoms with Crippen molar-refractivity contribution in [3.8, 4) is 0 Å². The van der Waals surface area contributed by atoms with E-state index >= 15 is 0 Å². The highest BCUT2D eigenvalue weighted by atomic mass is 32.2.